The second kappa shape index (κ2) is 12.9. The lowest BCUT2D eigenvalue weighted by Gasteiger charge is -2.32. The number of alkyl halides is 2. The van der Waals surface area contributed by atoms with Gasteiger partial charge in [0.15, 0.2) is 6.79 Å². The van der Waals surface area contributed by atoms with E-state index in [1.165, 1.54) is 13.5 Å². The van der Waals surface area contributed by atoms with E-state index in [1.807, 2.05) is 20.8 Å². The van der Waals surface area contributed by atoms with Gasteiger partial charge in [-0.15, -0.1) is 0 Å². The number of hydrogen-bond acceptors (Lipinski definition) is 6. The van der Waals surface area contributed by atoms with E-state index in [1.54, 1.807) is 0 Å². The van der Waals surface area contributed by atoms with Crippen molar-refractivity contribution < 1.29 is 28.5 Å². The molecule has 0 bridgehead atoms. The maximum Gasteiger partial charge on any atom is 0.324 e. The first-order valence-electron chi connectivity index (χ1n) is 10.1. The van der Waals surface area contributed by atoms with Gasteiger partial charge in [0.05, 0.1) is 6.61 Å². The molecule has 1 aliphatic rings. The van der Waals surface area contributed by atoms with Crippen molar-refractivity contribution in [2.75, 3.05) is 20.5 Å². The molecular weight excluding hydrogens is 590 g/mol. The highest BCUT2D eigenvalue weighted by atomic mass is 127. The molecule has 0 aromatic rings. The molecule has 0 amide bonds. The summed E-state index contributed by atoms with van der Waals surface area (Å²) in [6.07, 6.45) is 6.73. The molecule has 0 spiro atoms. The number of hydrogen-bond donors (Lipinski definition) is 0. The maximum absolute atomic E-state index is 12.6. The SMILES string of the molecule is CCC(C)(I)C(=O)OC(OCCC(I)(CC)C(=O)OCOC)C1CCCCC1. The molecule has 3 atom stereocenters. The van der Waals surface area contributed by atoms with Crippen LogP contribution in [-0.4, -0.2) is 45.6 Å². The highest BCUT2D eigenvalue weighted by molar-refractivity contribution is 14.1. The van der Waals surface area contributed by atoms with Gasteiger partial charge in [-0.05, 0) is 39.0 Å². The Balaban J connectivity index is 2.72. The minimum Gasteiger partial charge on any atom is -0.437 e. The third-order valence-corrected chi connectivity index (χ3v) is 8.31. The first-order chi connectivity index (χ1) is 13.2. The Morgan fingerprint density at radius 1 is 1.07 bits per heavy atom. The van der Waals surface area contributed by atoms with Gasteiger partial charge in [-0.25, -0.2) is 0 Å². The molecule has 1 fully saturated rings. The Hall–Kier alpha value is 0.320. The van der Waals surface area contributed by atoms with Gasteiger partial charge >= 0.3 is 11.9 Å². The lowest BCUT2D eigenvalue weighted by Crippen LogP contribution is -2.40. The van der Waals surface area contributed by atoms with E-state index in [4.69, 9.17) is 18.9 Å². The van der Waals surface area contributed by atoms with Crippen LogP contribution in [0.25, 0.3) is 0 Å². The van der Waals surface area contributed by atoms with Crippen molar-refractivity contribution in [1.82, 2.24) is 0 Å². The van der Waals surface area contributed by atoms with Crippen LogP contribution >= 0.6 is 45.2 Å². The first-order valence-corrected chi connectivity index (χ1v) is 12.2. The van der Waals surface area contributed by atoms with Crippen LogP contribution in [0.4, 0.5) is 0 Å². The number of methoxy groups -OCH3 is 1. The molecule has 28 heavy (non-hydrogen) atoms. The molecule has 0 aromatic carbocycles. The van der Waals surface area contributed by atoms with Crippen LogP contribution in [0.2, 0.25) is 0 Å². The number of rotatable bonds is 12. The lowest BCUT2D eigenvalue weighted by molar-refractivity contribution is -0.197. The molecule has 0 N–H and O–H groups in total. The second-order valence-corrected chi connectivity index (χ2v) is 11.9. The van der Waals surface area contributed by atoms with Crippen molar-refractivity contribution in [3.05, 3.63) is 0 Å². The topological polar surface area (TPSA) is 71.1 Å². The monoisotopic (exact) mass is 624 g/mol. The minimum atomic E-state index is -0.682. The summed E-state index contributed by atoms with van der Waals surface area (Å²) in [5.74, 6) is -0.326. The first kappa shape index (κ1) is 26.4. The van der Waals surface area contributed by atoms with E-state index in [0.717, 1.165) is 25.7 Å². The fourth-order valence-corrected chi connectivity index (χ4v) is 3.55. The van der Waals surface area contributed by atoms with Crippen LogP contribution in [-0.2, 0) is 28.5 Å². The number of carbonyl (C=O) groups is 2. The fourth-order valence-electron chi connectivity index (χ4n) is 3.05. The Bertz CT molecular complexity index is 493. The Kier molecular flexibility index (Phi) is 12.1. The van der Waals surface area contributed by atoms with Gasteiger partial charge in [0.2, 0.25) is 6.29 Å². The van der Waals surface area contributed by atoms with Crippen LogP contribution in [0.5, 0.6) is 0 Å². The van der Waals surface area contributed by atoms with E-state index in [0.29, 0.717) is 25.9 Å². The van der Waals surface area contributed by atoms with Crippen LogP contribution in [0.15, 0.2) is 0 Å². The van der Waals surface area contributed by atoms with Gasteiger partial charge < -0.3 is 18.9 Å². The summed E-state index contributed by atoms with van der Waals surface area (Å²) in [7, 11) is 1.48. The van der Waals surface area contributed by atoms with Crippen LogP contribution < -0.4 is 0 Å². The number of ether oxygens (including phenoxy) is 4. The predicted molar refractivity (Wildman–Crippen MR) is 125 cm³/mol. The van der Waals surface area contributed by atoms with E-state index >= 15 is 0 Å². The Morgan fingerprint density at radius 2 is 1.71 bits per heavy atom. The van der Waals surface area contributed by atoms with E-state index in [2.05, 4.69) is 45.2 Å². The summed E-state index contributed by atoms with van der Waals surface area (Å²) in [5.41, 5.74) is 0. The molecule has 1 aliphatic carbocycles. The lowest BCUT2D eigenvalue weighted by atomic mass is 9.88. The zero-order chi connectivity index (χ0) is 21.2. The van der Waals surface area contributed by atoms with E-state index < -0.39 is 13.1 Å². The normalized spacial score (nSPS) is 20.6. The average molecular weight is 624 g/mol. The van der Waals surface area contributed by atoms with Gasteiger partial charge in [-0.3, -0.25) is 9.59 Å². The van der Waals surface area contributed by atoms with Crippen molar-refractivity contribution in [3.8, 4) is 0 Å². The average Bonchev–Trinajstić information content (AvgIpc) is 2.71. The predicted octanol–water partition coefficient (Wildman–Crippen LogP) is 5.18. The van der Waals surface area contributed by atoms with Gasteiger partial charge in [-0.1, -0.05) is 78.3 Å². The Labute approximate surface area is 196 Å². The zero-order valence-electron chi connectivity index (χ0n) is 17.4. The molecule has 0 heterocycles. The van der Waals surface area contributed by atoms with Crippen LogP contribution in [0.3, 0.4) is 0 Å². The minimum absolute atomic E-state index is 0.0575. The van der Waals surface area contributed by atoms with Crippen molar-refractivity contribution in [1.29, 1.82) is 0 Å². The second-order valence-electron chi connectivity index (χ2n) is 7.50. The molecule has 3 unspecified atom stereocenters. The summed E-state index contributed by atoms with van der Waals surface area (Å²) in [5, 5.41) is 0. The Morgan fingerprint density at radius 3 is 2.25 bits per heavy atom. The third kappa shape index (κ3) is 8.22. The summed E-state index contributed by atoms with van der Waals surface area (Å²) >= 11 is 4.27. The van der Waals surface area contributed by atoms with Crippen LogP contribution in [0.1, 0.15) is 72.1 Å². The number of halogens is 2. The molecule has 1 rings (SSSR count). The zero-order valence-corrected chi connectivity index (χ0v) is 21.7. The molecule has 6 nitrogen and oxygen atoms in total. The van der Waals surface area contributed by atoms with Crippen molar-refractivity contribution in [3.63, 3.8) is 0 Å². The van der Waals surface area contributed by atoms with Gasteiger partial charge in [0.25, 0.3) is 0 Å². The number of carbonyl (C=O) groups excluding carboxylic acids is 2. The van der Waals surface area contributed by atoms with Gasteiger partial charge in [0.1, 0.15) is 6.84 Å². The number of esters is 2. The molecule has 164 valence electrons. The van der Waals surface area contributed by atoms with Gasteiger partial charge in [-0.2, -0.15) is 0 Å². The van der Waals surface area contributed by atoms with Crippen LogP contribution in [0, 0.1) is 5.92 Å². The van der Waals surface area contributed by atoms with E-state index in [9.17, 15) is 9.59 Å². The standard InChI is InChI=1S/C20H34I2O6/c1-5-19(3,21)17(23)28-16(15-10-8-7-9-11-15)26-13-12-20(22,6-2)18(24)27-14-25-4/h15-16H,5-14H2,1-4H3. The van der Waals surface area contributed by atoms with Crippen molar-refractivity contribution in [2.45, 2.75) is 85.3 Å². The molecular formula is C20H34I2O6. The highest BCUT2D eigenvalue weighted by Crippen LogP contribution is 2.33. The molecule has 0 saturated heterocycles. The largest absolute Gasteiger partial charge is 0.437 e. The van der Waals surface area contributed by atoms with Crippen molar-refractivity contribution in [2.24, 2.45) is 5.92 Å². The fraction of sp³-hybridized carbons (Fsp3) is 0.900. The van der Waals surface area contributed by atoms with Gasteiger partial charge in [0, 0.05) is 13.0 Å². The maximum atomic E-state index is 12.6. The summed E-state index contributed by atoms with van der Waals surface area (Å²) in [6.45, 7) is 6.07. The van der Waals surface area contributed by atoms with E-state index in [-0.39, 0.29) is 24.6 Å². The molecule has 8 heteroatoms. The smallest absolute Gasteiger partial charge is 0.324 e. The van der Waals surface area contributed by atoms with Crippen molar-refractivity contribution >= 4 is 57.1 Å². The summed E-state index contributed by atoms with van der Waals surface area (Å²) in [6, 6.07) is 0. The molecule has 0 aromatic heterocycles. The summed E-state index contributed by atoms with van der Waals surface area (Å²) in [4.78, 5) is 24.9. The quantitative estimate of drug-likeness (QED) is 0.129. The molecule has 0 radical (unpaired) electrons. The summed E-state index contributed by atoms with van der Waals surface area (Å²) < 4.78 is 20.6. The highest BCUT2D eigenvalue weighted by Gasteiger charge is 2.38. The molecule has 0 aliphatic heterocycles. The third-order valence-electron chi connectivity index (χ3n) is 5.36. The molecule has 1 saturated carbocycles.